The highest BCUT2D eigenvalue weighted by atomic mass is 19.1. The fraction of sp³-hybridized carbons (Fsp3) is 0.571. The molecule has 0 saturated carbocycles. The quantitative estimate of drug-likeness (QED) is 0.741. The maximum Gasteiger partial charge on any atom is 0.123 e. The lowest BCUT2D eigenvalue weighted by Gasteiger charge is -2.25. The molecule has 1 atom stereocenters. The molecule has 96 valence electrons. The summed E-state index contributed by atoms with van der Waals surface area (Å²) in [4.78, 5) is 0. The average Bonchev–Trinajstić information content (AvgIpc) is 2.29. The molecule has 1 aromatic carbocycles. The van der Waals surface area contributed by atoms with Crippen molar-refractivity contribution in [3.63, 3.8) is 0 Å². The highest BCUT2D eigenvalue weighted by Crippen LogP contribution is 2.22. The molecule has 0 aliphatic carbocycles. The van der Waals surface area contributed by atoms with E-state index in [0.717, 1.165) is 25.0 Å². The fourth-order valence-corrected chi connectivity index (χ4v) is 1.62. The Hall–Kier alpha value is -0.930. The van der Waals surface area contributed by atoms with Crippen molar-refractivity contribution in [1.82, 2.24) is 0 Å². The third-order valence-corrected chi connectivity index (χ3v) is 2.89. The van der Waals surface area contributed by atoms with Gasteiger partial charge < -0.3 is 10.5 Å². The lowest BCUT2D eigenvalue weighted by Crippen LogP contribution is -2.34. The number of unbranched alkanes of at least 4 members (excludes halogenated alkanes) is 1. The second-order valence-electron chi connectivity index (χ2n) is 4.64. The van der Waals surface area contributed by atoms with Gasteiger partial charge in [-0.3, -0.25) is 0 Å². The van der Waals surface area contributed by atoms with Gasteiger partial charge in [-0.1, -0.05) is 25.5 Å². The molecule has 1 unspecified atom stereocenters. The summed E-state index contributed by atoms with van der Waals surface area (Å²) in [5, 5.41) is 0. The molecular weight excluding hydrogens is 217 g/mol. The van der Waals surface area contributed by atoms with E-state index in [0.29, 0.717) is 13.0 Å². The van der Waals surface area contributed by atoms with Gasteiger partial charge in [-0.25, -0.2) is 4.39 Å². The summed E-state index contributed by atoms with van der Waals surface area (Å²) >= 11 is 0. The van der Waals surface area contributed by atoms with Crippen LogP contribution >= 0.6 is 0 Å². The highest BCUT2D eigenvalue weighted by molar-refractivity contribution is 5.23. The van der Waals surface area contributed by atoms with E-state index in [1.165, 1.54) is 12.1 Å². The molecule has 17 heavy (non-hydrogen) atoms. The van der Waals surface area contributed by atoms with E-state index < -0.39 is 5.54 Å². The van der Waals surface area contributed by atoms with E-state index in [9.17, 15) is 4.39 Å². The predicted octanol–water partition coefficient (Wildman–Crippen LogP) is 3.21. The molecule has 2 nitrogen and oxygen atoms in total. The molecule has 0 aliphatic heterocycles. The van der Waals surface area contributed by atoms with Gasteiger partial charge in [-0.05, 0) is 37.5 Å². The zero-order chi connectivity index (χ0) is 12.7. The first kappa shape index (κ1) is 14.1. The maximum absolute atomic E-state index is 13.1. The van der Waals surface area contributed by atoms with E-state index in [1.807, 2.05) is 13.0 Å². The van der Waals surface area contributed by atoms with Gasteiger partial charge in [0.1, 0.15) is 5.82 Å². The molecule has 0 amide bonds. The minimum Gasteiger partial charge on any atom is -0.381 e. The zero-order valence-electron chi connectivity index (χ0n) is 10.7. The minimum atomic E-state index is -0.533. The Morgan fingerprint density at radius 1 is 1.35 bits per heavy atom. The van der Waals surface area contributed by atoms with E-state index in [2.05, 4.69) is 6.92 Å². The summed E-state index contributed by atoms with van der Waals surface area (Å²) in [6.45, 7) is 5.42. The fourth-order valence-electron chi connectivity index (χ4n) is 1.62. The summed E-state index contributed by atoms with van der Waals surface area (Å²) in [6.07, 6.45) is 2.89. The molecule has 1 rings (SSSR count). The van der Waals surface area contributed by atoms with E-state index >= 15 is 0 Å². The molecule has 0 fully saturated rings. The smallest absolute Gasteiger partial charge is 0.123 e. The predicted molar refractivity (Wildman–Crippen MR) is 68.3 cm³/mol. The Bertz CT molecular complexity index is 339. The van der Waals surface area contributed by atoms with Gasteiger partial charge in [0.2, 0.25) is 0 Å². The minimum absolute atomic E-state index is 0.244. The Kier molecular flexibility index (Phi) is 5.59. The van der Waals surface area contributed by atoms with Crippen LogP contribution in [0.4, 0.5) is 4.39 Å². The van der Waals surface area contributed by atoms with Crippen LogP contribution in [-0.2, 0) is 10.3 Å². The summed E-state index contributed by atoms with van der Waals surface area (Å²) in [5.41, 5.74) is 6.46. The third kappa shape index (κ3) is 4.84. The van der Waals surface area contributed by atoms with Gasteiger partial charge in [0.05, 0.1) is 0 Å². The molecule has 0 spiro atoms. The molecule has 0 heterocycles. The standard InChI is InChI=1S/C14H22FNO/c1-3-4-9-17-10-8-14(2,16)12-6-5-7-13(15)11-12/h5-7,11H,3-4,8-10,16H2,1-2H3. The number of ether oxygens (including phenoxy) is 1. The van der Waals surface area contributed by atoms with Crippen LogP contribution in [0.1, 0.15) is 38.7 Å². The van der Waals surface area contributed by atoms with Gasteiger partial charge in [0.25, 0.3) is 0 Å². The topological polar surface area (TPSA) is 35.2 Å². The molecule has 0 saturated heterocycles. The molecule has 0 aromatic heterocycles. The van der Waals surface area contributed by atoms with Gasteiger partial charge in [-0.2, -0.15) is 0 Å². The number of halogens is 1. The first-order chi connectivity index (χ1) is 8.06. The zero-order valence-corrected chi connectivity index (χ0v) is 10.7. The monoisotopic (exact) mass is 239 g/mol. The molecule has 0 aliphatic rings. The lowest BCUT2D eigenvalue weighted by atomic mass is 9.90. The number of nitrogens with two attached hydrogens (primary N) is 1. The first-order valence-electron chi connectivity index (χ1n) is 6.19. The van der Waals surface area contributed by atoms with Crippen LogP contribution in [0.3, 0.4) is 0 Å². The van der Waals surface area contributed by atoms with Crippen LogP contribution in [0.5, 0.6) is 0 Å². The average molecular weight is 239 g/mol. The second kappa shape index (κ2) is 6.72. The molecule has 0 bridgehead atoms. The normalized spacial score (nSPS) is 14.6. The molecule has 0 radical (unpaired) electrons. The van der Waals surface area contributed by atoms with E-state index in [-0.39, 0.29) is 5.82 Å². The molecule has 3 heteroatoms. The van der Waals surface area contributed by atoms with E-state index in [1.54, 1.807) is 6.07 Å². The van der Waals surface area contributed by atoms with Crippen molar-refractivity contribution in [1.29, 1.82) is 0 Å². The lowest BCUT2D eigenvalue weighted by molar-refractivity contribution is 0.114. The summed E-state index contributed by atoms with van der Waals surface area (Å²) in [5.74, 6) is -0.244. The number of hydrogen-bond donors (Lipinski definition) is 1. The van der Waals surface area contributed by atoms with Gasteiger partial charge in [-0.15, -0.1) is 0 Å². The second-order valence-corrected chi connectivity index (χ2v) is 4.64. The van der Waals surface area contributed by atoms with Crippen molar-refractivity contribution in [3.05, 3.63) is 35.6 Å². The first-order valence-corrected chi connectivity index (χ1v) is 6.19. The maximum atomic E-state index is 13.1. The SMILES string of the molecule is CCCCOCCC(C)(N)c1cccc(F)c1. The number of benzene rings is 1. The molecular formula is C14H22FNO. The summed E-state index contributed by atoms with van der Waals surface area (Å²) in [6, 6.07) is 6.46. The van der Waals surface area contributed by atoms with Crippen LogP contribution in [0, 0.1) is 5.82 Å². The Morgan fingerprint density at radius 3 is 2.76 bits per heavy atom. The van der Waals surface area contributed by atoms with Gasteiger partial charge in [0.15, 0.2) is 0 Å². The van der Waals surface area contributed by atoms with Crippen molar-refractivity contribution < 1.29 is 9.13 Å². The summed E-state index contributed by atoms with van der Waals surface area (Å²) in [7, 11) is 0. The van der Waals surface area contributed by atoms with E-state index in [4.69, 9.17) is 10.5 Å². The Labute approximate surface area is 103 Å². The Morgan fingerprint density at radius 2 is 2.12 bits per heavy atom. The van der Waals surface area contributed by atoms with Crippen molar-refractivity contribution in [2.75, 3.05) is 13.2 Å². The van der Waals surface area contributed by atoms with Crippen molar-refractivity contribution >= 4 is 0 Å². The van der Waals surface area contributed by atoms with Gasteiger partial charge in [0, 0.05) is 18.8 Å². The van der Waals surface area contributed by atoms with Crippen LogP contribution in [0.2, 0.25) is 0 Å². The van der Waals surface area contributed by atoms with Gasteiger partial charge >= 0.3 is 0 Å². The van der Waals surface area contributed by atoms with Crippen LogP contribution in [0.15, 0.2) is 24.3 Å². The largest absolute Gasteiger partial charge is 0.381 e. The number of hydrogen-bond acceptors (Lipinski definition) is 2. The summed E-state index contributed by atoms with van der Waals surface area (Å²) < 4.78 is 18.6. The highest BCUT2D eigenvalue weighted by Gasteiger charge is 2.21. The Balaban J connectivity index is 2.45. The van der Waals surface area contributed by atoms with Crippen LogP contribution < -0.4 is 5.73 Å². The van der Waals surface area contributed by atoms with Crippen LogP contribution in [0.25, 0.3) is 0 Å². The third-order valence-electron chi connectivity index (χ3n) is 2.89. The van der Waals surface area contributed by atoms with Crippen molar-refractivity contribution in [3.8, 4) is 0 Å². The van der Waals surface area contributed by atoms with Crippen LogP contribution in [-0.4, -0.2) is 13.2 Å². The van der Waals surface area contributed by atoms with Crippen molar-refractivity contribution in [2.24, 2.45) is 5.73 Å². The number of rotatable bonds is 7. The van der Waals surface area contributed by atoms with Crippen molar-refractivity contribution in [2.45, 2.75) is 38.6 Å². The molecule has 2 N–H and O–H groups in total. The molecule has 1 aromatic rings.